The van der Waals surface area contributed by atoms with Gasteiger partial charge < -0.3 is 14.8 Å². The molecule has 0 aromatic heterocycles. The molecule has 4 nitrogen and oxygen atoms in total. The molecule has 4 heteroatoms. The van der Waals surface area contributed by atoms with Gasteiger partial charge >= 0.3 is 0 Å². The van der Waals surface area contributed by atoms with Crippen LogP contribution in [0.25, 0.3) is 0 Å². The Morgan fingerprint density at radius 1 is 1.47 bits per heavy atom. The summed E-state index contributed by atoms with van der Waals surface area (Å²) in [5.74, 6) is 3.26. The number of nitrogens with one attached hydrogen (secondary N) is 1. The van der Waals surface area contributed by atoms with Crippen molar-refractivity contribution in [3.8, 4) is 23.8 Å². The zero-order valence-electron chi connectivity index (χ0n) is 9.95. The van der Waals surface area contributed by atoms with Crippen molar-refractivity contribution in [3.63, 3.8) is 0 Å². The van der Waals surface area contributed by atoms with Crippen molar-refractivity contribution in [3.05, 3.63) is 23.8 Å². The summed E-state index contributed by atoms with van der Waals surface area (Å²) in [5.41, 5.74) is 0.490. The first-order chi connectivity index (χ1) is 8.22. The van der Waals surface area contributed by atoms with E-state index in [9.17, 15) is 4.79 Å². The number of amides is 1. The first-order valence-corrected chi connectivity index (χ1v) is 5.25. The third-order valence-electron chi connectivity index (χ3n) is 2.08. The van der Waals surface area contributed by atoms with E-state index in [0.717, 1.165) is 0 Å². The van der Waals surface area contributed by atoms with E-state index in [4.69, 9.17) is 15.9 Å². The van der Waals surface area contributed by atoms with E-state index in [1.807, 2.05) is 6.92 Å². The van der Waals surface area contributed by atoms with Crippen LogP contribution < -0.4 is 14.8 Å². The van der Waals surface area contributed by atoms with Gasteiger partial charge in [0.05, 0.1) is 20.3 Å². The largest absolute Gasteiger partial charge is 0.493 e. The summed E-state index contributed by atoms with van der Waals surface area (Å²) < 4.78 is 10.5. The van der Waals surface area contributed by atoms with E-state index in [2.05, 4.69) is 11.2 Å². The van der Waals surface area contributed by atoms with Gasteiger partial charge in [-0.2, -0.15) is 0 Å². The van der Waals surface area contributed by atoms with Crippen LogP contribution in [0.5, 0.6) is 11.5 Å². The van der Waals surface area contributed by atoms with Crippen LogP contribution in [0.1, 0.15) is 17.3 Å². The van der Waals surface area contributed by atoms with Gasteiger partial charge in [0.15, 0.2) is 11.5 Å². The molecule has 17 heavy (non-hydrogen) atoms. The van der Waals surface area contributed by atoms with Crippen molar-refractivity contribution in [1.29, 1.82) is 0 Å². The molecule has 0 saturated heterocycles. The lowest BCUT2D eigenvalue weighted by Crippen LogP contribution is -2.23. The standard InChI is InChI=1S/C13H15NO3/c1-4-8-14-13(15)10-6-7-11(16-3)12(9-10)17-5-2/h1,6-7,9H,5,8H2,2-3H3,(H,14,15). The predicted octanol–water partition coefficient (Wildman–Crippen LogP) is 1.46. The van der Waals surface area contributed by atoms with Gasteiger partial charge in [-0.1, -0.05) is 5.92 Å². The fourth-order valence-electron chi connectivity index (χ4n) is 1.32. The summed E-state index contributed by atoms with van der Waals surface area (Å²) in [4.78, 5) is 11.7. The number of rotatable bonds is 5. The molecular weight excluding hydrogens is 218 g/mol. The van der Waals surface area contributed by atoms with Gasteiger partial charge in [-0.25, -0.2) is 0 Å². The van der Waals surface area contributed by atoms with Crippen molar-refractivity contribution in [2.75, 3.05) is 20.3 Å². The van der Waals surface area contributed by atoms with E-state index < -0.39 is 0 Å². The van der Waals surface area contributed by atoms with Crippen molar-refractivity contribution in [2.45, 2.75) is 6.92 Å². The second-order valence-corrected chi connectivity index (χ2v) is 3.19. The highest BCUT2D eigenvalue weighted by Crippen LogP contribution is 2.27. The van der Waals surface area contributed by atoms with Gasteiger partial charge in [-0.3, -0.25) is 4.79 Å². The van der Waals surface area contributed by atoms with E-state index in [1.165, 1.54) is 0 Å². The fraction of sp³-hybridized carbons (Fsp3) is 0.308. The lowest BCUT2D eigenvalue weighted by molar-refractivity contribution is 0.0958. The molecule has 1 N–H and O–H groups in total. The molecule has 1 amide bonds. The third-order valence-corrected chi connectivity index (χ3v) is 2.08. The van der Waals surface area contributed by atoms with Crippen molar-refractivity contribution < 1.29 is 14.3 Å². The highest BCUT2D eigenvalue weighted by Gasteiger charge is 2.10. The number of carbonyl (C=O) groups excluding carboxylic acids is 1. The molecule has 1 aromatic carbocycles. The summed E-state index contributed by atoms with van der Waals surface area (Å²) >= 11 is 0. The molecule has 0 heterocycles. The number of ether oxygens (including phenoxy) is 2. The van der Waals surface area contributed by atoms with Crippen LogP contribution in [0.4, 0.5) is 0 Å². The lowest BCUT2D eigenvalue weighted by atomic mass is 10.2. The molecule has 0 bridgehead atoms. The highest BCUT2D eigenvalue weighted by atomic mass is 16.5. The highest BCUT2D eigenvalue weighted by molar-refractivity contribution is 5.95. The number of hydrogen-bond acceptors (Lipinski definition) is 3. The number of hydrogen-bond donors (Lipinski definition) is 1. The summed E-state index contributed by atoms with van der Waals surface area (Å²) in [6.07, 6.45) is 5.07. The average molecular weight is 233 g/mol. The topological polar surface area (TPSA) is 47.6 Å². The van der Waals surface area contributed by atoms with E-state index in [0.29, 0.717) is 23.7 Å². The van der Waals surface area contributed by atoms with Crippen molar-refractivity contribution in [2.24, 2.45) is 0 Å². The van der Waals surface area contributed by atoms with Gasteiger partial charge in [0, 0.05) is 5.56 Å². The Morgan fingerprint density at radius 2 is 2.24 bits per heavy atom. The molecule has 0 aliphatic heterocycles. The van der Waals surface area contributed by atoms with Gasteiger partial charge in [0.2, 0.25) is 0 Å². The van der Waals surface area contributed by atoms with E-state index in [-0.39, 0.29) is 12.5 Å². The second-order valence-electron chi connectivity index (χ2n) is 3.19. The minimum atomic E-state index is -0.230. The van der Waals surface area contributed by atoms with Crippen molar-refractivity contribution >= 4 is 5.91 Å². The van der Waals surface area contributed by atoms with Gasteiger partial charge in [0.25, 0.3) is 5.91 Å². The molecule has 0 saturated carbocycles. The van der Waals surface area contributed by atoms with Crippen molar-refractivity contribution in [1.82, 2.24) is 5.32 Å². The molecule has 0 aliphatic rings. The molecule has 0 spiro atoms. The van der Waals surface area contributed by atoms with Gasteiger partial charge in [-0.05, 0) is 25.1 Å². The quantitative estimate of drug-likeness (QED) is 0.783. The summed E-state index contributed by atoms with van der Waals surface area (Å²) in [5, 5.41) is 2.58. The third kappa shape index (κ3) is 3.42. The Kier molecular flexibility index (Phi) is 4.89. The maximum Gasteiger partial charge on any atom is 0.252 e. The summed E-state index contributed by atoms with van der Waals surface area (Å²) in [7, 11) is 1.55. The molecular formula is C13H15NO3. The Bertz CT molecular complexity index is 435. The van der Waals surface area contributed by atoms with Crippen LogP contribution in [-0.4, -0.2) is 26.2 Å². The Balaban J connectivity index is 2.91. The van der Waals surface area contributed by atoms with Crippen LogP contribution in [0.3, 0.4) is 0 Å². The SMILES string of the molecule is C#CCNC(=O)c1ccc(OC)c(OCC)c1. The molecule has 0 atom stereocenters. The van der Waals surface area contributed by atoms with E-state index in [1.54, 1.807) is 25.3 Å². The fourth-order valence-corrected chi connectivity index (χ4v) is 1.32. The summed E-state index contributed by atoms with van der Waals surface area (Å²) in [6.45, 7) is 2.57. The number of benzene rings is 1. The first kappa shape index (κ1) is 12.9. The van der Waals surface area contributed by atoms with Crippen LogP contribution >= 0.6 is 0 Å². The smallest absolute Gasteiger partial charge is 0.252 e. The monoisotopic (exact) mass is 233 g/mol. The maximum atomic E-state index is 11.7. The van der Waals surface area contributed by atoms with Gasteiger partial charge in [0.1, 0.15) is 0 Å². The zero-order valence-corrected chi connectivity index (χ0v) is 9.95. The average Bonchev–Trinajstić information content (AvgIpc) is 2.36. The molecule has 90 valence electrons. The van der Waals surface area contributed by atoms with Crippen LogP contribution in [-0.2, 0) is 0 Å². The molecule has 0 unspecified atom stereocenters. The molecule has 0 fully saturated rings. The molecule has 0 radical (unpaired) electrons. The second kappa shape index (κ2) is 6.44. The van der Waals surface area contributed by atoms with Crippen LogP contribution in [0, 0.1) is 12.3 Å². The Hall–Kier alpha value is -2.15. The number of methoxy groups -OCH3 is 1. The molecule has 0 aliphatic carbocycles. The van der Waals surface area contributed by atoms with Crippen LogP contribution in [0.15, 0.2) is 18.2 Å². The summed E-state index contributed by atoms with van der Waals surface area (Å²) in [6, 6.07) is 4.98. The number of carbonyl (C=O) groups is 1. The number of terminal acetylenes is 1. The van der Waals surface area contributed by atoms with Gasteiger partial charge in [-0.15, -0.1) is 6.42 Å². The van der Waals surface area contributed by atoms with E-state index >= 15 is 0 Å². The first-order valence-electron chi connectivity index (χ1n) is 5.25. The Morgan fingerprint density at radius 3 is 2.82 bits per heavy atom. The normalized spacial score (nSPS) is 9.24. The minimum Gasteiger partial charge on any atom is -0.493 e. The Labute approximate surface area is 101 Å². The molecule has 1 aromatic rings. The zero-order chi connectivity index (χ0) is 12.7. The van der Waals surface area contributed by atoms with Crippen LogP contribution in [0.2, 0.25) is 0 Å². The lowest BCUT2D eigenvalue weighted by Gasteiger charge is -2.10. The predicted molar refractivity (Wildman–Crippen MR) is 65.3 cm³/mol. The minimum absolute atomic E-state index is 0.203. The maximum absolute atomic E-state index is 11.7. The molecule has 1 rings (SSSR count).